The van der Waals surface area contributed by atoms with Gasteiger partial charge < -0.3 is 15.1 Å². The zero-order valence-electron chi connectivity index (χ0n) is 11.8. The van der Waals surface area contributed by atoms with Crippen LogP contribution in [-0.2, 0) is 0 Å². The van der Waals surface area contributed by atoms with Crippen molar-refractivity contribution in [3.05, 3.63) is 0 Å². The Bertz CT molecular complexity index is 234. The normalized spacial score (nSPS) is 29.5. The molecular weight excluding hydrogens is 210 g/mol. The van der Waals surface area contributed by atoms with Crippen LogP contribution in [0, 0.1) is 11.3 Å². The van der Waals surface area contributed by atoms with Crippen LogP contribution in [-0.4, -0.2) is 62.7 Å². The number of nitrogens with zero attached hydrogens (tertiary/aromatic N) is 2. The fourth-order valence-electron chi connectivity index (χ4n) is 3.38. The van der Waals surface area contributed by atoms with Gasteiger partial charge in [-0.3, -0.25) is 0 Å². The zero-order chi connectivity index (χ0) is 12.3. The van der Waals surface area contributed by atoms with E-state index in [9.17, 15) is 0 Å². The fraction of sp³-hybridized carbons (Fsp3) is 1.00. The monoisotopic (exact) mass is 239 g/mol. The molecule has 0 aromatic heterocycles. The van der Waals surface area contributed by atoms with Crippen molar-refractivity contribution in [2.24, 2.45) is 11.3 Å². The predicted molar refractivity (Wildman–Crippen MR) is 73.3 cm³/mol. The van der Waals surface area contributed by atoms with Gasteiger partial charge in [-0.15, -0.1) is 0 Å². The third-order valence-corrected chi connectivity index (χ3v) is 4.57. The van der Waals surface area contributed by atoms with E-state index in [2.05, 4.69) is 36.0 Å². The molecule has 2 fully saturated rings. The highest BCUT2D eigenvalue weighted by molar-refractivity contribution is 4.86. The standard InChI is InChI=1S/C14H29N3/c1-14(2,12-17-9-6-15-7-10-17)13-5-4-8-16(3)11-13/h13,15H,4-12H2,1-3H3. The Morgan fingerprint density at radius 1 is 1.18 bits per heavy atom. The molecule has 0 spiro atoms. The summed E-state index contributed by atoms with van der Waals surface area (Å²) in [6.45, 7) is 13.6. The van der Waals surface area contributed by atoms with E-state index < -0.39 is 0 Å². The molecule has 2 aliphatic rings. The van der Waals surface area contributed by atoms with Crippen LogP contribution in [0.4, 0.5) is 0 Å². The van der Waals surface area contributed by atoms with Gasteiger partial charge in [0.1, 0.15) is 0 Å². The first-order chi connectivity index (χ1) is 8.08. The highest BCUT2D eigenvalue weighted by Crippen LogP contribution is 2.34. The quantitative estimate of drug-likeness (QED) is 0.800. The van der Waals surface area contributed by atoms with Gasteiger partial charge in [-0.25, -0.2) is 0 Å². The average Bonchev–Trinajstić information content (AvgIpc) is 2.30. The summed E-state index contributed by atoms with van der Waals surface area (Å²) < 4.78 is 0. The highest BCUT2D eigenvalue weighted by Gasteiger charge is 2.33. The van der Waals surface area contributed by atoms with Gasteiger partial charge >= 0.3 is 0 Å². The molecule has 0 bridgehead atoms. The molecule has 0 amide bonds. The Labute approximate surface area is 107 Å². The molecule has 0 aromatic carbocycles. The van der Waals surface area contributed by atoms with Crippen LogP contribution in [0.1, 0.15) is 26.7 Å². The van der Waals surface area contributed by atoms with Gasteiger partial charge in [0.15, 0.2) is 0 Å². The second-order valence-electron chi connectivity index (χ2n) is 6.62. The van der Waals surface area contributed by atoms with Crippen LogP contribution < -0.4 is 5.32 Å². The van der Waals surface area contributed by atoms with E-state index in [-0.39, 0.29) is 0 Å². The predicted octanol–water partition coefficient (Wildman–Crippen LogP) is 1.26. The lowest BCUT2D eigenvalue weighted by molar-refractivity contribution is 0.0606. The summed E-state index contributed by atoms with van der Waals surface area (Å²) in [6, 6.07) is 0. The maximum Gasteiger partial charge on any atom is 0.0108 e. The largest absolute Gasteiger partial charge is 0.314 e. The Hall–Kier alpha value is -0.120. The molecule has 2 saturated heterocycles. The molecule has 2 heterocycles. The minimum Gasteiger partial charge on any atom is -0.314 e. The first kappa shape index (κ1) is 13.3. The highest BCUT2D eigenvalue weighted by atomic mass is 15.2. The van der Waals surface area contributed by atoms with Crippen molar-refractivity contribution in [3.63, 3.8) is 0 Å². The van der Waals surface area contributed by atoms with Crippen LogP contribution in [0.15, 0.2) is 0 Å². The van der Waals surface area contributed by atoms with Crippen LogP contribution in [0.5, 0.6) is 0 Å². The van der Waals surface area contributed by atoms with Crippen molar-refractivity contribution in [2.45, 2.75) is 26.7 Å². The van der Waals surface area contributed by atoms with E-state index in [4.69, 9.17) is 0 Å². The number of likely N-dealkylation sites (tertiary alicyclic amines) is 1. The van der Waals surface area contributed by atoms with Crippen molar-refractivity contribution in [1.82, 2.24) is 15.1 Å². The van der Waals surface area contributed by atoms with E-state index in [0.717, 1.165) is 5.92 Å². The van der Waals surface area contributed by atoms with E-state index in [1.807, 2.05) is 0 Å². The molecule has 17 heavy (non-hydrogen) atoms. The molecule has 0 aromatic rings. The number of piperazine rings is 1. The average molecular weight is 239 g/mol. The number of piperidine rings is 1. The SMILES string of the molecule is CN1CCCC(C(C)(C)CN2CCNCC2)C1. The van der Waals surface area contributed by atoms with Gasteiger partial charge in [0.2, 0.25) is 0 Å². The van der Waals surface area contributed by atoms with Gasteiger partial charge in [-0.2, -0.15) is 0 Å². The molecule has 0 aliphatic carbocycles. The van der Waals surface area contributed by atoms with E-state index in [0.29, 0.717) is 5.41 Å². The first-order valence-corrected chi connectivity index (χ1v) is 7.19. The molecule has 1 N–H and O–H groups in total. The van der Waals surface area contributed by atoms with Crippen molar-refractivity contribution in [3.8, 4) is 0 Å². The molecule has 0 radical (unpaired) electrons. The third-order valence-electron chi connectivity index (χ3n) is 4.57. The molecule has 2 aliphatic heterocycles. The summed E-state index contributed by atoms with van der Waals surface area (Å²) in [6.07, 6.45) is 2.80. The topological polar surface area (TPSA) is 18.5 Å². The maximum absolute atomic E-state index is 3.44. The lowest BCUT2D eigenvalue weighted by Gasteiger charge is -2.43. The van der Waals surface area contributed by atoms with Crippen molar-refractivity contribution in [1.29, 1.82) is 0 Å². The Morgan fingerprint density at radius 3 is 2.53 bits per heavy atom. The smallest absolute Gasteiger partial charge is 0.0108 e. The Morgan fingerprint density at radius 2 is 1.88 bits per heavy atom. The minimum absolute atomic E-state index is 0.464. The summed E-state index contributed by atoms with van der Waals surface area (Å²) in [7, 11) is 2.27. The van der Waals surface area contributed by atoms with Crippen LogP contribution in [0.2, 0.25) is 0 Å². The molecular formula is C14H29N3. The summed E-state index contributed by atoms with van der Waals surface area (Å²) >= 11 is 0. The molecule has 1 unspecified atom stereocenters. The third kappa shape index (κ3) is 3.67. The number of hydrogen-bond donors (Lipinski definition) is 1. The fourth-order valence-corrected chi connectivity index (χ4v) is 3.38. The van der Waals surface area contributed by atoms with Crippen molar-refractivity contribution >= 4 is 0 Å². The maximum atomic E-state index is 3.44. The van der Waals surface area contributed by atoms with E-state index in [1.165, 1.54) is 58.7 Å². The van der Waals surface area contributed by atoms with E-state index >= 15 is 0 Å². The molecule has 3 nitrogen and oxygen atoms in total. The van der Waals surface area contributed by atoms with Gasteiger partial charge in [-0.1, -0.05) is 13.8 Å². The molecule has 2 rings (SSSR count). The summed E-state index contributed by atoms with van der Waals surface area (Å²) in [4.78, 5) is 5.15. The number of hydrogen-bond acceptors (Lipinski definition) is 3. The van der Waals surface area contributed by atoms with Crippen LogP contribution in [0.3, 0.4) is 0 Å². The molecule has 3 heteroatoms. The van der Waals surface area contributed by atoms with Gasteiger partial charge in [0.25, 0.3) is 0 Å². The van der Waals surface area contributed by atoms with Gasteiger partial charge in [0, 0.05) is 39.3 Å². The number of nitrogens with one attached hydrogen (secondary N) is 1. The second-order valence-corrected chi connectivity index (χ2v) is 6.62. The lowest BCUT2D eigenvalue weighted by atomic mass is 9.74. The van der Waals surface area contributed by atoms with Gasteiger partial charge in [-0.05, 0) is 37.8 Å². The zero-order valence-corrected chi connectivity index (χ0v) is 11.8. The van der Waals surface area contributed by atoms with Crippen LogP contribution in [0.25, 0.3) is 0 Å². The van der Waals surface area contributed by atoms with Crippen molar-refractivity contribution in [2.75, 3.05) is 52.9 Å². The Kier molecular flexibility index (Phi) is 4.45. The first-order valence-electron chi connectivity index (χ1n) is 7.19. The molecule has 100 valence electrons. The molecule has 1 atom stereocenters. The minimum atomic E-state index is 0.464. The summed E-state index contributed by atoms with van der Waals surface area (Å²) in [5.74, 6) is 0.871. The number of rotatable bonds is 3. The summed E-state index contributed by atoms with van der Waals surface area (Å²) in [5, 5.41) is 3.44. The lowest BCUT2D eigenvalue weighted by Crippen LogP contribution is -2.50. The Balaban J connectivity index is 1.87. The van der Waals surface area contributed by atoms with Crippen LogP contribution >= 0.6 is 0 Å². The molecule has 0 saturated carbocycles. The van der Waals surface area contributed by atoms with E-state index in [1.54, 1.807) is 0 Å². The second kappa shape index (κ2) is 5.68. The summed E-state index contributed by atoms with van der Waals surface area (Å²) in [5.41, 5.74) is 0.464. The van der Waals surface area contributed by atoms with Crippen molar-refractivity contribution < 1.29 is 0 Å². The van der Waals surface area contributed by atoms with Gasteiger partial charge in [0.05, 0.1) is 0 Å².